The zero-order valence-electron chi connectivity index (χ0n) is 10.2. The summed E-state index contributed by atoms with van der Waals surface area (Å²) in [7, 11) is 0. The molecule has 17 heavy (non-hydrogen) atoms. The Morgan fingerprint density at radius 1 is 1.65 bits per heavy atom. The average Bonchev–Trinajstić information content (AvgIpc) is 3.05. The molecule has 94 valence electrons. The highest BCUT2D eigenvalue weighted by molar-refractivity contribution is 7.71. The molecule has 1 saturated carbocycles. The lowest BCUT2D eigenvalue weighted by atomic mass is 10.2. The first-order valence-corrected chi connectivity index (χ1v) is 6.43. The van der Waals surface area contributed by atoms with E-state index in [1.165, 1.54) is 0 Å². The predicted octanol–water partition coefficient (Wildman–Crippen LogP) is 1.59. The summed E-state index contributed by atoms with van der Waals surface area (Å²) in [4.78, 5) is 11.5. The summed E-state index contributed by atoms with van der Waals surface area (Å²) < 4.78 is 2.57. The molecule has 0 atom stereocenters. The number of nitrogens with one attached hydrogen (secondary N) is 2. The largest absolute Gasteiger partial charge is 0.354 e. The third-order valence-corrected chi connectivity index (χ3v) is 3.20. The molecule has 1 aromatic heterocycles. The van der Waals surface area contributed by atoms with Crippen molar-refractivity contribution in [1.82, 2.24) is 20.1 Å². The number of carbonyl (C=O) groups is 1. The van der Waals surface area contributed by atoms with Crippen LogP contribution in [0.1, 0.15) is 38.4 Å². The second-order valence-electron chi connectivity index (χ2n) is 4.76. The highest BCUT2D eigenvalue weighted by Crippen LogP contribution is 2.28. The van der Waals surface area contributed by atoms with Crippen molar-refractivity contribution in [2.24, 2.45) is 5.92 Å². The molecule has 1 fully saturated rings. The van der Waals surface area contributed by atoms with Crippen LogP contribution in [0.15, 0.2) is 0 Å². The molecule has 0 aliphatic heterocycles. The van der Waals surface area contributed by atoms with Crippen LogP contribution >= 0.6 is 12.2 Å². The van der Waals surface area contributed by atoms with Crippen LogP contribution in [0.3, 0.4) is 0 Å². The van der Waals surface area contributed by atoms with Gasteiger partial charge in [0.2, 0.25) is 5.91 Å². The first-order chi connectivity index (χ1) is 8.09. The molecule has 2 N–H and O–H groups in total. The van der Waals surface area contributed by atoms with E-state index < -0.39 is 0 Å². The maximum atomic E-state index is 11.5. The van der Waals surface area contributed by atoms with Gasteiger partial charge >= 0.3 is 0 Å². The minimum absolute atomic E-state index is 0.172. The third-order valence-electron chi connectivity index (χ3n) is 2.89. The van der Waals surface area contributed by atoms with Gasteiger partial charge in [-0.1, -0.05) is 13.8 Å². The van der Waals surface area contributed by atoms with E-state index >= 15 is 0 Å². The zero-order valence-corrected chi connectivity index (χ0v) is 11.0. The molecule has 0 bridgehead atoms. The molecule has 0 spiro atoms. The number of aromatic nitrogens is 3. The molecule has 0 unspecified atom stereocenters. The summed E-state index contributed by atoms with van der Waals surface area (Å²) in [6, 6.07) is 0. The highest BCUT2D eigenvalue weighted by Gasteiger charge is 2.29. The summed E-state index contributed by atoms with van der Waals surface area (Å²) in [6.45, 7) is 5.44. The molecule has 1 aliphatic carbocycles. The number of hydrogen-bond acceptors (Lipinski definition) is 3. The SMILES string of the molecule is CC(C)c1n[nH]c(=S)n1CCNC(=O)C1CC1. The summed E-state index contributed by atoms with van der Waals surface area (Å²) in [5, 5.41) is 9.92. The van der Waals surface area contributed by atoms with Crippen molar-refractivity contribution < 1.29 is 4.79 Å². The van der Waals surface area contributed by atoms with Crippen molar-refractivity contribution in [3.63, 3.8) is 0 Å². The van der Waals surface area contributed by atoms with E-state index in [1.54, 1.807) is 0 Å². The standard InChI is InChI=1S/C11H18N4OS/c1-7(2)9-13-14-11(17)15(9)6-5-12-10(16)8-3-4-8/h7-8H,3-6H2,1-2H3,(H,12,16)(H,14,17). The molecule has 1 heterocycles. The van der Waals surface area contributed by atoms with Crippen molar-refractivity contribution in [2.45, 2.75) is 39.2 Å². The first kappa shape index (κ1) is 12.3. The molecule has 1 amide bonds. The van der Waals surface area contributed by atoms with Gasteiger partial charge < -0.3 is 9.88 Å². The van der Waals surface area contributed by atoms with E-state index in [-0.39, 0.29) is 11.8 Å². The topological polar surface area (TPSA) is 62.7 Å². The first-order valence-electron chi connectivity index (χ1n) is 6.02. The van der Waals surface area contributed by atoms with Gasteiger partial charge in [0, 0.05) is 24.9 Å². The Morgan fingerprint density at radius 2 is 2.35 bits per heavy atom. The van der Waals surface area contributed by atoms with Crippen LogP contribution in [-0.4, -0.2) is 27.2 Å². The maximum Gasteiger partial charge on any atom is 0.223 e. The van der Waals surface area contributed by atoms with E-state index in [1.807, 2.05) is 4.57 Å². The fraction of sp³-hybridized carbons (Fsp3) is 0.727. The molecular formula is C11H18N4OS. The minimum atomic E-state index is 0.172. The lowest BCUT2D eigenvalue weighted by molar-refractivity contribution is -0.122. The normalized spacial score (nSPS) is 15.2. The fourth-order valence-corrected chi connectivity index (χ4v) is 2.00. The Kier molecular flexibility index (Phi) is 3.61. The van der Waals surface area contributed by atoms with Gasteiger partial charge in [0.05, 0.1) is 0 Å². The van der Waals surface area contributed by atoms with Crippen molar-refractivity contribution in [2.75, 3.05) is 6.54 Å². The van der Waals surface area contributed by atoms with Gasteiger partial charge in [-0.25, -0.2) is 0 Å². The second-order valence-corrected chi connectivity index (χ2v) is 5.15. The van der Waals surface area contributed by atoms with Gasteiger partial charge in [-0.2, -0.15) is 5.10 Å². The number of hydrogen-bond donors (Lipinski definition) is 2. The lowest BCUT2D eigenvalue weighted by Crippen LogP contribution is -2.28. The summed E-state index contributed by atoms with van der Waals surface area (Å²) in [5.41, 5.74) is 0. The van der Waals surface area contributed by atoms with Gasteiger partial charge in [0.15, 0.2) is 4.77 Å². The van der Waals surface area contributed by atoms with E-state index in [0.717, 1.165) is 18.7 Å². The number of H-pyrrole nitrogens is 1. The molecule has 2 rings (SSSR count). The smallest absolute Gasteiger partial charge is 0.223 e. The number of carbonyl (C=O) groups excluding carboxylic acids is 1. The van der Waals surface area contributed by atoms with Gasteiger partial charge in [-0.05, 0) is 25.1 Å². The Morgan fingerprint density at radius 3 is 2.94 bits per heavy atom. The molecule has 0 saturated heterocycles. The molecule has 0 aromatic carbocycles. The second kappa shape index (κ2) is 5.00. The van der Waals surface area contributed by atoms with E-state index in [9.17, 15) is 4.79 Å². The Hall–Kier alpha value is -1.17. The molecule has 1 aliphatic rings. The van der Waals surface area contributed by atoms with E-state index in [2.05, 4.69) is 29.4 Å². The van der Waals surface area contributed by atoms with Crippen LogP contribution < -0.4 is 5.32 Å². The Balaban J connectivity index is 1.91. The number of aromatic amines is 1. The quantitative estimate of drug-likeness (QED) is 0.784. The van der Waals surface area contributed by atoms with Crippen LogP contribution in [0.4, 0.5) is 0 Å². The number of nitrogens with zero attached hydrogens (tertiary/aromatic N) is 2. The molecule has 0 radical (unpaired) electrons. The van der Waals surface area contributed by atoms with Crippen LogP contribution in [0, 0.1) is 10.7 Å². The van der Waals surface area contributed by atoms with Crippen LogP contribution in [0.25, 0.3) is 0 Å². The van der Waals surface area contributed by atoms with Crippen molar-refractivity contribution in [3.8, 4) is 0 Å². The number of amides is 1. The van der Waals surface area contributed by atoms with Gasteiger partial charge in [-0.15, -0.1) is 0 Å². The van der Waals surface area contributed by atoms with E-state index in [4.69, 9.17) is 12.2 Å². The molecular weight excluding hydrogens is 236 g/mol. The molecule has 5 nitrogen and oxygen atoms in total. The monoisotopic (exact) mass is 254 g/mol. The van der Waals surface area contributed by atoms with Gasteiger partial charge in [0.1, 0.15) is 5.82 Å². The summed E-state index contributed by atoms with van der Waals surface area (Å²) >= 11 is 5.17. The average molecular weight is 254 g/mol. The van der Waals surface area contributed by atoms with Crippen molar-refractivity contribution in [1.29, 1.82) is 0 Å². The maximum absolute atomic E-state index is 11.5. The van der Waals surface area contributed by atoms with Crippen molar-refractivity contribution >= 4 is 18.1 Å². The Labute approximate surface area is 106 Å². The highest BCUT2D eigenvalue weighted by atomic mass is 32.1. The predicted molar refractivity (Wildman–Crippen MR) is 67.2 cm³/mol. The van der Waals surface area contributed by atoms with Gasteiger partial charge in [-0.3, -0.25) is 9.89 Å². The van der Waals surface area contributed by atoms with E-state index in [0.29, 0.717) is 23.8 Å². The van der Waals surface area contributed by atoms with Gasteiger partial charge in [0.25, 0.3) is 0 Å². The molecule has 1 aromatic rings. The Bertz CT molecular complexity index is 458. The number of rotatable bonds is 5. The van der Waals surface area contributed by atoms with Crippen LogP contribution in [-0.2, 0) is 11.3 Å². The molecule has 6 heteroatoms. The summed E-state index contributed by atoms with van der Waals surface area (Å²) in [5.74, 6) is 1.70. The summed E-state index contributed by atoms with van der Waals surface area (Å²) in [6.07, 6.45) is 2.07. The fourth-order valence-electron chi connectivity index (χ4n) is 1.77. The lowest BCUT2D eigenvalue weighted by Gasteiger charge is -2.09. The minimum Gasteiger partial charge on any atom is -0.354 e. The van der Waals surface area contributed by atoms with Crippen molar-refractivity contribution in [3.05, 3.63) is 10.6 Å². The third kappa shape index (κ3) is 2.94. The van der Waals surface area contributed by atoms with Crippen LogP contribution in [0.5, 0.6) is 0 Å². The zero-order chi connectivity index (χ0) is 12.4. The van der Waals surface area contributed by atoms with Crippen LogP contribution in [0.2, 0.25) is 0 Å².